The number of phenols is 1. The predicted molar refractivity (Wildman–Crippen MR) is 84.5 cm³/mol. The minimum atomic E-state index is -0.585. The number of aryl methyl sites for hydroxylation is 1. The molecule has 1 atom stereocenters. The molecule has 0 spiro atoms. The topological polar surface area (TPSA) is 110 Å². The highest BCUT2D eigenvalue weighted by Crippen LogP contribution is 2.27. The first-order valence-electron chi connectivity index (χ1n) is 6.76. The number of aromatic hydroxyl groups is 1. The smallest absolute Gasteiger partial charge is 0.390 e. The molecule has 0 aliphatic carbocycles. The standard InChI is InChI=1S/C14H15ClN4O4/c1-8(7-18-9(2)5-13(17-18)19(22)23)14(21)16-11-6-10(15)3-4-12(11)20/h3-6,8,20H,7H2,1-2H3,(H,16,21)/t8-/m0/s1. The summed E-state index contributed by atoms with van der Waals surface area (Å²) in [6, 6.07) is 5.66. The summed E-state index contributed by atoms with van der Waals surface area (Å²) in [6.45, 7) is 3.50. The van der Waals surface area contributed by atoms with Crippen molar-refractivity contribution in [2.24, 2.45) is 5.92 Å². The number of nitrogens with zero attached hydrogens (tertiary/aromatic N) is 3. The van der Waals surface area contributed by atoms with Crippen LogP contribution in [0.1, 0.15) is 12.6 Å². The quantitative estimate of drug-likeness (QED) is 0.494. The zero-order chi connectivity index (χ0) is 17.1. The molecule has 0 fully saturated rings. The number of hydrogen-bond acceptors (Lipinski definition) is 5. The van der Waals surface area contributed by atoms with Crippen LogP contribution in [-0.4, -0.2) is 25.7 Å². The Labute approximate surface area is 136 Å². The van der Waals surface area contributed by atoms with Crippen molar-refractivity contribution in [1.82, 2.24) is 9.78 Å². The van der Waals surface area contributed by atoms with Gasteiger partial charge in [-0.25, -0.2) is 0 Å². The van der Waals surface area contributed by atoms with Gasteiger partial charge in [0.2, 0.25) is 5.91 Å². The average molecular weight is 339 g/mol. The van der Waals surface area contributed by atoms with E-state index in [-0.39, 0.29) is 29.7 Å². The first-order valence-corrected chi connectivity index (χ1v) is 7.14. The van der Waals surface area contributed by atoms with E-state index in [4.69, 9.17) is 11.6 Å². The minimum absolute atomic E-state index is 0.0964. The van der Waals surface area contributed by atoms with E-state index in [0.29, 0.717) is 10.7 Å². The summed E-state index contributed by atoms with van der Waals surface area (Å²) in [6.07, 6.45) is 0. The minimum Gasteiger partial charge on any atom is -0.506 e. The lowest BCUT2D eigenvalue weighted by molar-refractivity contribution is -0.389. The van der Waals surface area contributed by atoms with Crippen LogP contribution in [0.5, 0.6) is 5.75 Å². The summed E-state index contributed by atoms with van der Waals surface area (Å²) >= 11 is 5.82. The highest BCUT2D eigenvalue weighted by atomic mass is 35.5. The Bertz CT molecular complexity index is 759. The molecule has 1 heterocycles. The van der Waals surface area contributed by atoms with Gasteiger partial charge in [0.25, 0.3) is 0 Å². The van der Waals surface area contributed by atoms with E-state index < -0.39 is 10.8 Å². The molecule has 0 bridgehead atoms. The second kappa shape index (κ2) is 6.66. The van der Waals surface area contributed by atoms with Crippen LogP contribution in [0.3, 0.4) is 0 Å². The molecule has 0 unspecified atom stereocenters. The van der Waals surface area contributed by atoms with Gasteiger partial charge in [-0.15, -0.1) is 0 Å². The molecule has 2 aromatic rings. The predicted octanol–water partition coefficient (Wildman–Crippen LogP) is 2.73. The molecule has 9 heteroatoms. The lowest BCUT2D eigenvalue weighted by Gasteiger charge is -2.12. The van der Waals surface area contributed by atoms with E-state index in [9.17, 15) is 20.0 Å². The second-order valence-electron chi connectivity index (χ2n) is 5.13. The Balaban J connectivity index is 2.08. The van der Waals surface area contributed by atoms with Gasteiger partial charge in [-0.2, -0.15) is 4.68 Å². The highest BCUT2D eigenvalue weighted by Gasteiger charge is 2.21. The first kappa shape index (κ1) is 16.8. The number of benzene rings is 1. The van der Waals surface area contributed by atoms with Crippen LogP contribution in [0.2, 0.25) is 5.02 Å². The molecule has 8 nitrogen and oxygen atoms in total. The van der Waals surface area contributed by atoms with E-state index in [2.05, 4.69) is 10.4 Å². The molecule has 0 aliphatic heterocycles. The Morgan fingerprint density at radius 3 is 2.83 bits per heavy atom. The molecular formula is C14H15ClN4O4. The average Bonchev–Trinajstić information content (AvgIpc) is 2.84. The van der Waals surface area contributed by atoms with E-state index in [1.54, 1.807) is 13.8 Å². The van der Waals surface area contributed by atoms with Crippen molar-refractivity contribution in [3.63, 3.8) is 0 Å². The number of amides is 1. The molecule has 1 aromatic heterocycles. The van der Waals surface area contributed by atoms with Crippen molar-refractivity contribution in [1.29, 1.82) is 0 Å². The zero-order valence-corrected chi connectivity index (χ0v) is 13.2. The molecule has 23 heavy (non-hydrogen) atoms. The molecule has 0 aliphatic rings. The van der Waals surface area contributed by atoms with Crippen molar-refractivity contribution in [3.8, 4) is 5.75 Å². The number of phenolic OH excluding ortho intramolecular Hbond substituents is 1. The Kier molecular flexibility index (Phi) is 4.85. The van der Waals surface area contributed by atoms with Crippen molar-refractivity contribution < 1.29 is 14.8 Å². The molecule has 0 saturated heterocycles. The lowest BCUT2D eigenvalue weighted by atomic mass is 10.1. The van der Waals surface area contributed by atoms with Crippen molar-refractivity contribution in [3.05, 3.63) is 45.1 Å². The number of rotatable bonds is 5. The Hall–Kier alpha value is -2.61. The van der Waals surface area contributed by atoms with Crippen molar-refractivity contribution >= 4 is 29.0 Å². The number of nitro groups is 1. The van der Waals surface area contributed by atoms with Crippen LogP contribution in [0, 0.1) is 23.0 Å². The van der Waals surface area contributed by atoms with E-state index in [1.165, 1.54) is 28.9 Å². The van der Waals surface area contributed by atoms with Gasteiger partial charge in [0.15, 0.2) is 0 Å². The summed E-state index contributed by atoms with van der Waals surface area (Å²) in [7, 11) is 0. The fourth-order valence-corrected chi connectivity index (χ4v) is 2.15. The molecule has 1 aromatic carbocycles. The van der Waals surface area contributed by atoms with Crippen LogP contribution in [0.25, 0.3) is 0 Å². The van der Waals surface area contributed by atoms with Gasteiger partial charge in [0.1, 0.15) is 5.75 Å². The van der Waals surface area contributed by atoms with Gasteiger partial charge >= 0.3 is 5.82 Å². The number of hydrogen-bond donors (Lipinski definition) is 2. The fourth-order valence-electron chi connectivity index (χ4n) is 1.97. The lowest BCUT2D eigenvalue weighted by Crippen LogP contribution is -2.25. The normalized spacial score (nSPS) is 12.0. The maximum absolute atomic E-state index is 12.2. The van der Waals surface area contributed by atoms with E-state index in [1.807, 2.05) is 0 Å². The van der Waals surface area contributed by atoms with Gasteiger partial charge in [-0.3, -0.25) is 4.79 Å². The van der Waals surface area contributed by atoms with Gasteiger partial charge in [-0.05, 0) is 30.0 Å². The number of nitrogens with one attached hydrogen (secondary N) is 1. The number of anilines is 1. The fraction of sp³-hybridized carbons (Fsp3) is 0.286. The third-order valence-corrected chi connectivity index (χ3v) is 3.50. The maximum Gasteiger partial charge on any atom is 0.390 e. The summed E-state index contributed by atoms with van der Waals surface area (Å²) in [4.78, 5) is 22.3. The van der Waals surface area contributed by atoms with E-state index >= 15 is 0 Å². The van der Waals surface area contributed by atoms with Crippen LogP contribution in [-0.2, 0) is 11.3 Å². The van der Waals surface area contributed by atoms with Gasteiger partial charge in [-0.1, -0.05) is 18.5 Å². The Morgan fingerprint density at radius 1 is 1.52 bits per heavy atom. The molecule has 0 saturated carbocycles. The number of carbonyl (C=O) groups excluding carboxylic acids is 1. The molecule has 2 N–H and O–H groups in total. The van der Waals surface area contributed by atoms with Crippen LogP contribution in [0.15, 0.2) is 24.3 Å². The van der Waals surface area contributed by atoms with Crippen LogP contribution >= 0.6 is 11.6 Å². The van der Waals surface area contributed by atoms with Crippen LogP contribution < -0.4 is 5.32 Å². The molecule has 0 radical (unpaired) electrons. The molecular weight excluding hydrogens is 324 g/mol. The van der Waals surface area contributed by atoms with Crippen molar-refractivity contribution in [2.75, 3.05) is 5.32 Å². The first-order chi connectivity index (χ1) is 10.8. The molecule has 122 valence electrons. The number of carbonyl (C=O) groups is 1. The molecule has 1 amide bonds. The SMILES string of the molecule is Cc1cc([N+](=O)[O-])nn1C[C@H](C)C(=O)Nc1cc(Cl)ccc1O. The Morgan fingerprint density at radius 2 is 2.22 bits per heavy atom. The zero-order valence-electron chi connectivity index (χ0n) is 12.5. The van der Waals surface area contributed by atoms with Gasteiger partial charge < -0.3 is 20.5 Å². The van der Waals surface area contributed by atoms with Gasteiger partial charge in [0, 0.05) is 5.02 Å². The third-order valence-electron chi connectivity index (χ3n) is 3.27. The summed E-state index contributed by atoms with van der Waals surface area (Å²) in [5.74, 6) is -1.24. The second-order valence-corrected chi connectivity index (χ2v) is 5.57. The summed E-state index contributed by atoms with van der Waals surface area (Å²) < 4.78 is 1.40. The van der Waals surface area contributed by atoms with Crippen LogP contribution in [0.4, 0.5) is 11.5 Å². The largest absolute Gasteiger partial charge is 0.506 e. The number of halogens is 1. The monoisotopic (exact) mass is 338 g/mol. The van der Waals surface area contributed by atoms with Crippen molar-refractivity contribution in [2.45, 2.75) is 20.4 Å². The summed E-state index contributed by atoms with van der Waals surface area (Å²) in [5.41, 5.74) is 0.791. The van der Waals surface area contributed by atoms with E-state index in [0.717, 1.165) is 0 Å². The molecule has 2 rings (SSSR count). The number of aromatic nitrogens is 2. The highest BCUT2D eigenvalue weighted by molar-refractivity contribution is 6.31. The summed E-state index contributed by atoms with van der Waals surface area (Å²) in [5, 5.41) is 27.2. The third kappa shape index (κ3) is 3.98. The maximum atomic E-state index is 12.2. The van der Waals surface area contributed by atoms with Gasteiger partial charge in [0.05, 0.1) is 35.0 Å².